The molecule has 0 saturated carbocycles. The summed E-state index contributed by atoms with van der Waals surface area (Å²) in [7, 11) is 2.90. The van der Waals surface area contributed by atoms with Crippen LogP contribution in [0.25, 0.3) is 0 Å². The summed E-state index contributed by atoms with van der Waals surface area (Å²) in [6.45, 7) is 1.67. The van der Waals surface area contributed by atoms with Crippen molar-refractivity contribution in [2.45, 2.75) is 26.7 Å². The van der Waals surface area contributed by atoms with Gasteiger partial charge in [0, 0.05) is 11.1 Å². The lowest BCUT2D eigenvalue weighted by molar-refractivity contribution is 0.241. The lowest BCUT2D eigenvalue weighted by Crippen LogP contribution is -2.09. The molecule has 23 heavy (non-hydrogen) atoms. The Kier molecular flexibility index (Phi) is 6.93. The lowest BCUT2D eigenvalue weighted by Gasteiger charge is -2.21. The molecule has 8 nitrogen and oxygen atoms in total. The van der Waals surface area contributed by atoms with Crippen molar-refractivity contribution in [3.05, 3.63) is 22.3 Å². The normalized spacial score (nSPS) is 9.09. The van der Waals surface area contributed by atoms with Gasteiger partial charge in [0.25, 0.3) is 12.5 Å². The fourth-order valence-corrected chi connectivity index (χ4v) is 2.29. The highest BCUT2D eigenvalue weighted by Crippen LogP contribution is 2.40. The smallest absolute Gasteiger partial charge is 0.286 e. The van der Waals surface area contributed by atoms with E-state index >= 15 is 0 Å². The molecule has 0 aliphatic rings. The first kappa shape index (κ1) is 17.8. The highest BCUT2D eigenvalue weighted by atomic mass is 16.5. The molecule has 0 aromatic heterocycles. The first-order chi connectivity index (χ1) is 11.2. The van der Waals surface area contributed by atoms with Gasteiger partial charge >= 0.3 is 0 Å². The van der Waals surface area contributed by atoms with Crippen LogP contribution in [-0.4, -0.2) is 20.3 Å². The summed E-state index contributed by atoms with van der Waals surface area (Å²) in [5.41, 5.74) is 2.35. The van der Waals surface area contributed by atoms with Crippen molar-refractivity contribution >= 4 is 6.08 Å². The summed E-state index contributed by atoms with van der Waals surface area (Å²) >= 11 is 0. The minimum atomic E-state index is -0.0349. The molecule has 0 aliphatic heterocycles. The molecule has 0 unspecified atom stereocenters. The van der Waals surface area contributed by atoms with Gasteiger partial charge in [0.2, 0.25) is 6.08 Å². The Morgan fingerprint density at radius 3 is 1.78 bits per heavy atom. The van der Waals surface area contributed by atoms with Crippen molar-refractivity contribution in [2.24, 2.45) is 4.99 Å². The minimum absolute atomic E-state index is 0.0325. The number of nitriles is 2. The van der Waals surface area contributed by atoms with E-state index in [9.17, 15) is 4.79 Å². The van der Waals surface area contributed by atoms with Gasteiger partial charge in [-0.05, 0) is 12.5 Å². The molecule has 0 aliphatic carbocycles. The average molecular weight is 317 g/mol. The second-order valence-electron chi connectivity index (χ2n) is 4.29. The highest BCUT2D eigenvalue weighted by Gasteiger charge is 2.24. The molecule has 0 spiro atoms. The van der Waals surface area contributed by atoms with Gasteiger partial charge in [-0.3, -0.25) is 0 Å². The summed E-state index contributed by atoms with van der Waals surface area (Å²) in [6.07, 6.45) is 4.64. The molecule has 0 amide bonds. The Hall–Kier alpha value is -3.22. The fraction of sp³-hybridized carbons (Fsp3) is 0.400. The van der Waals surface area contributed by atoms with Crippen LogP contribution in [0.3, 0.4) is 0 Å². The Morgan fingerprint density at radius 2 is 1.43 bits per heavy atom. The molecule has 0 N–H and O–H groups in total. The van der Waals surface area contributed by atoms with Crippen molar-refractivity contribution in [1.82, 2.24) is 0 Å². The van der Waals surface area contributed by atoms with Crippen LogP contribution in [0.4, 0.5) is 0 Å². The van der Waals surface area contributed by atoms with Crippen LogP contribution in [0, 0.1) is 30.0 Å². The second-order valence-corrected chi connectivity index (χ2v) is 4.29. The SMILES string of the molecule is COc1c(COC#N)c(C)c(COC#N)c(OC)c1CN=C=O. The van der Waals surface area contributed by atoms with E-state index in [-0.39, 0.29) is 19.8 Å². The van der Waals surface area contributed by atoms with Gasteiger partial charge in [-0.15, -0.1) is 0 Å². The van der Waals surface area contributed by atoms with Crippen molar-refractivity contribution in [2.75, 3.05) is 14.2 Å². The van der Waals surface area contributed by atoms with Gasteiger partial charge in [0.15, 0.2) is 0 Å². The maximum Gasteiger partial charge on any atom is 0.286 e. The number of nitrogens with zero attached hydrogens (tertiary/aromatic N) is 3. The van der Waals surface area contributed by atoms with E-state index in [1.807, 2.05) is 0 Å². The number of hydrogen-bond acceptors (Lipinski definition) is 8. The Bertz CT molecular complexity index is 650. The molecule has 0 bridgehead atoms. The van der Waals surface area contributed by atoms with E-state index in [1.54, 1.807) is 19.4 Å². The average Bonchev–Trinajstić information content (AvgIpc) is 2.57. The molecule has 1 aromatic carbocycles. The van der Waals surface area contributed by atoms with Crippen LogP contribution in [0.15, 0.2) is 4.99 Å². The molecule has 1 aromatic rings. The van der Waals surface area contributed by atoms with Crippen LogP contribution in [0.1, 0.15) is 22.3 Å². The molecular formula is C15H15N3O5. The number of aliphatic imine (C=N–C) groups is 1. The number of ether oxygens (including phenoxy) is 4. The van der Waals surface area contributed by atoms with Crippen molar-refractivity contribution in [3.63, 3.8) is 0 Å². The first-order valence-corrected chi connectivity index (χ1v) is 6.46. The number of isocyanates is 1. The van der Waals surface area contributed by atoms with Gasteiger partial charge in [-0.2, -0.15) is 10.5 Å². The quantitative estimate of drug-likeness (QED) is 0.408. The maximum atomic E-state index is 10.4. The van der Waals surface area contributed by atoms with E-state index in [0.717, 1.165) is 0 Å². The molecule has 120 valence electrons. The zero-order valence-corrected chi connectivity index (χ0v) is 13.0. The summed E-state index contributed by atoms with van der Waals surface area (Å²) in [6, 6.07) is 0. The Balaban J connectivity index is 3.65. The van der Waals surface area contributed by atoms with Crippen molar-refractivity contribution < 1.29 is 23.7 Å². The summed E-state index contributed by atoms with van der Waals surface area (Å²) in [4.78, 5) is 14.0. The van der Waals surface area contributed by atoms with E-state index in [2.05, 4.69) is 4.99 Å². The molecule has 0 atom stereocenters. The van der Waals surface area contributed by atoms with Gasteiger partial charge in [0.1, 0.15) is 24.7 Å². The maximum absolute atomic E-state index is 10.4. The number of rotatable bonds is 8. The van der Waals surface area contributed by atoms with Gasteiger partial charge < -0.3 is 18.9 Å². The first-order valence-electron chi connectivity index (χ1n) is 6.46. The third-order valence-electron chi connectivity index (χ3n) is 3.27. The molecule has 0 saturated heterocycles. The third-order valence-corrected chi connectivity index (χ3v) is 3.27. The lowest BCUT2D eigenvalue weighted by atomic mass is 9.96. The van der Waals surface area contributed by atoms with Crippen LogP contribution in [0.5, 0.6) is 11.5 Å². The zero-order chi connectivity index (χ0) is 17.2. The standard InChI is InChI=1S/C15H15N3O5/c1-10-12(5-22-7-16)14(20-2)11(4-18-9-19)15(21-3)13(10)6-23-8-17/h4-6H2,1-3H3. The third kappa shape index (κ3) is 3.91. The van der Waals surface area contributed by atoms with Gasteiger partial charge in [-0.1, -0.05) is 0 Å². The molecular weight excluding hydrogens is 302 g/mol. The largest absolute Gasteiger partial charge is 0.496 e. The summed E-state index contributed by atoms with van der Waals surface area (Å²) in [5.74, 6) is 0.795. The molecule has 0 radical (unpaired) electrons. The molecule has 1 rings (SSSR count). The summed E-state index contributed by atoms with van der Waals surface area (Å²) < 4.78 is 20.4. The van der Waals surface area contributed by atoms with Gasteiger partial charge in [0.05, 0.1) is 26.3 Å². The van der Waals surface area contributed by atoms with Crippen molar-refractivity contribution in [3.8, 4) is 24.0 Å². The number of hydrogen-bond donors (Lipinski definition) is 0. The Morgan fingerprint density at radius 1 is 0.957 bits per heavy atom. The number of benzene rings is 1. The molecule has 8 heteroatoms. The van der Waals surface area contributed by atoms with Gasteiger partial charge in [-0.25, -0.2) is 9.79 Å². The van der Waals surface area contributed by atoms with Crippen LogP contribution >= 0.6 is 0 Å². The topological polar surface area (TPSA) is 114 Å². The van der Waals surface area contributed by atoms with Crippen molar-refractivity contribution in [1.29, 1.82) is 10.5 Å². The predicted molar refractivity (Wildman–Crippen MR) is 76.9 cm³/mol. The summed E-state index contributed by atoms with van der Waals surface area (Å²) in [5, 5.41) is 17.3. The van der Waals surface area contributed by atoms with Crippen LogP contribution < -0.4 is 9.47 Å². The second kappa shape index (κ2) is 8.93. The minimum Gasteiger partial charge on any atom is -0.496 e. The Labute approximate surface area is 133 Å². The van der Waals surface area contributed by atoms with E-state index in [4.69, 9.17) is 29.5 Å². The monoisotopic (exact) mass is 317 g/mol. The van der Waals surface area contributed by atoms with E-state index in [0.29, 0.717) is 33.8 Å². The van der Waals surface area contributed by atoms with Crippen LogP contribution in [0.2, 0.25) is 0 Å². The van der Waals surface area contributed by atoms with E-state index < -0.39 is 0 Å². The van der Waals surface area contributed by atoms with E-state index in [1.165, 1.54) is 20.3 Å². The van der Waals surface area contributed by atoms with Crippen LogP contribution in [-0.2, 0) is 34.0 Å². The number of methoxy groups -OCH3 is 2. The molecule has 0 heterocycles. The zero-order valence-electron chi connectivity index (χ0n) is 13.0. The predicted octanol–water partition coefficient (Wildman–Crippen LogP) is 1.84. The fourth-order valence-electron chi connectivity index (χ4n) is 2.29. The highest BCUT2D eigenvalue weighted by molar-refractivity contribution is 5.59. The number of carbonyl (C=O) groups excluding carboxylic acids is 1. The molecule has 0 fully saturated rings.